The first kappa shape index (κ1) is 24.8. The molecule has 4 heteroatoms. The van der Waals surface area contributed by atoms with E-state index < -0.39 is 16.1 Å². The summed E-state index contributed by atoms with van der Waals surface area (Å²) in [5.41, 5.74) is 0. The molecule has 0 aromatic heterocycles. The molecule has 0 spiro atoms. The van der Waals surface area contributed by atoms with E-state index in [1.165, 1.54) is 34.1 Å². The van der Waals surface area contributed by atoms with Crippen LogP contribution in [0.25, 0.3) is 0 Å². The van der Waals surface area contributed by atoms with Crippen molar-refractivity contribution in [2.45, 2.75) is 12.8 Å². The molecule has 34 heavy (non-hydrogen) atoms. The van der Waals surface area contributed by atoms with E-state index in [1.807, 2.05) is 0 Å². The van der Waals surface area contributed by atoms with Crippen LogP contribution in [0.1, 0.15) is 12.8 Å². The quantitative estimate of drug-likeness (QED) is 0.198. The fraction of sp³-hybridized carbons (Fsp3) is 0.200. The van der Waals surface area contributed by atoms with Gasteiger partial charge in [0.05, 0.1) is 0 Å². The van der Waals surface area contributed by atoms with Gasteiger partial charge in [-0.25, -0.2) is 0 Å². The third kappa shape index (κ3) is 6.62. The molecule has 0 saturated carbocycles. The zero-order chi connectivity index (χ0) is 23.6. The predicted octanol–water partition coefficient (Wildman–Crippen LogP) is 5.73. The normalized spacial score (nSPS) is 11.6. The van der Waals surface area contributed by atoms with Crippen molar-refractivity contribution in [3.8, 4) is 0 Å². The molecule has 0 saturated heterocycles. The zero-order valence-corrected chi connectivity index (χ0v) is 22.0. The molecule has 0 N–H and O–H groups in total. The second-order valence-corrected chi connectivity index (χ2v) is 13.1. The molecule has 0 aliphatic carbocycles. The number of hydrogen-bond donors (Lipinski definition) is 0. The highest BCUT2D eigenvalue weighted by Gasteiger charge is 2.20. The third-order valence-corrected chi connectivity index (χ3v) is 10.8. The lowest BCUT2D eigenvalue weighted by Gasteiger charge is -2.31. The summed E-state index contributed by atoms with van der Waals surface area (Å²) in [6.45, 7) is 2.19. The molecule has 0 aliphatic rings. The highest BCUT2D eigenvalue weighted by atomic mass is 31.1. The Morgan fingerprint density at radius 1 is 0.412 bits per heavy atom. The molecule has 0 bridgehead atoms. The molecule has 0 heterocycles. The predicted molar refractivity (Wildman–Crippen MR) is 153 cm³/mol. The van der Waals surface area contributed by atoms with E-state index in [4.69, 9.17) is 0 Å². The van der Waals surface area contributed by atoms with Crippen LogP contribution in [0.4, 0.5) is 0 Å². The largest absolute Gasteiger partial charge is 0.278 e. The molecular formula is C30H34N2P2. The Labute approximate surface area is 207 Å². The maximum atomic E-state index is 2.57. The lowest BCUT2D eigenvalue weighted by atomic mass is 10.3. The molecule has 0 aliphatic heterocycles. The van der Waals surface area contributed by atoms with Crippen molar-refractivity contribution < 1.29 is 0 Å². The first-order valence-corrected chi connectivity index (χ1v) is 14.6. The van der Waals surface area contributed by atoms with Crippen molar-refractivity contribution in [3.05, 3.63) is 121 Å². The molecule has 2 nitrogen and oxygen atoms in total. The first-order chi connectivity index (χ1) is 16.7. The Morgan fingerprint density at radius 2 is 0.647 bits per heavy atom. The van der Waals surface area contributed by atoms with Crippen molar-refractivity contribution in [1.29, 1.82) is 0 Å². The van der Waals surface area contributed by atoms with Crippen LogP contribution in [0.2, 0.25) is 0 Å². The van der Waals surface area contributed by atoms with Gasteiger partial charge >= 0.3 is 0 Å². The summed E-state index contributed by atoms with van der Waals surface area (Å²) < 4.78 is 5.13. The highest BCUT2D eigenvalue weighted by Crippen LogP contribution is 2.38. The molecular weight excluding hydrogens is 450 g/mol. The molecule has 0 unspecified atom stereocenters. The van der Waals surface area contributed by atoms with Crippen LogP contribution >= 0.6 is 16.1 Å². The Bertz CT molecular complexity index is 922. The van der Waals surface area contributed by atoms with Crippen LogP contribution in [-0.2, 0) is 0 Å². The molecule has 4 aromatic carbocycles. The van der Waals surface area contributed by atoms with Gasteiger partial charge in [0.1, 0.15) is 0 Å². The fourth-order valence-electron chi connectivity index (χ4n) is 4.24. The number of rotatable bonds is 11. The average Bonchev–Trinajstić information content (AvgIpc) is 2.89. The zero-order valence-electron chi connectivity index (χ0n) is 20.2. The average molecular weight is 485 g/mol. The van der Waals surface area contributed by atoms with Gasteiger partial charge < -0.3 is 0 Å². The van der Waals surface area contributed by atoms with E-state index in [0.29, 0.717) is 0 Å². The van der Waals surface area contributed by atoms with Gasteiger partial charge in [0.15, 0.2) is 0 Å². The van der Waals surface area contributed by atoms with Crippen LogP contribution < -0.4 is 21.2 Å². The lowest BCUT2D eigenvalue weighted by molar-refractivity contribution is 0.470. The Hall–Kier alpha value is -2.34. The third-order valence-electron chi connectivity index (χ3n) is 5.90. The highest BCUT2D eigenvalue weighted by molar-refractivity contribution is 7.71. The van der Waals surface area contributed by atoms with E-state index in [2.05, 4.69) is 145 Å². The Kier molecular flexibility index (Phi) is 9.43. The number of unbranched alkanes of at least 4 members (excludes halogenated alkanes) is 1. The topological polar surface area (TPSA) is 6.48 Å². The minimum absolute atomic E-state index is 0.505. The van der Waals surface area contributed by atoms with Crippen molar-refractivity contribution in [1.82, 2.24) is 9.34 Å². The van der Waals surface area contributed by atoms with Crippen molar-refractivity contribution in [3.63, 3.8) is 0 Å². The summed E-state index contributed by atoms with van der Waals surface area (Å²) in [6.07, 6.45) is 2.37. The molecule has 0 radical (unpaired) electrons. The monoisotopic (exact) mass is 484 g/mol. The maximum absolute atomic E-state index is 2.57. The lowest BCUT2D eigenvalue weighted by Crippen LogP contribution is -2.28. The smallest absolute Gasteiger partial charge is 0.0278 e. The minimum atomic E-state index is -0.505. The molecule has 0 fully saturated rings. The molecule has 4 rings (SSSR count). The Balaban J connectivity index is 1.39. The van der Waals surface area contributed by atoms with E-state index in [9.17, 15) is 0 Å². The van der Waals surface area contributed by atoms with E-state index >= 15 is 0 Å². The van der Waals surface area contributed by atoms with Crippen LogP contribution in [-0.4, -0.2) is 36.5 Å². The summed E-state index contributed by atoms with van der Waals surface area (Å²) in [6, 6.07) is 43.9. The van der Waals surface area contributed by atoms with Crippen LogP contribution in [0, 0.1) is 0 Å². The molecule has 174 valence electrons. The van der Waals surface area contributed by atoms with Crippen LogP contribution in [0.5, 0.6) is 0 Å². The first-order valence-electron chi connectivity index (χ1n) is 12.0. The van der Waals surface area contributed by atoms with Gasteiger partial charge in [0, 0.05) is 29.2 Å². The summed E-state index contributed by atoms with van der Waals surface area (Å²) in [4.78, 5) is 0. The molecule has 0 amide bonds. The van der Waals surface area contributed by atoms with Gasteiger partial charge in [-0.1, -0.05) is 121 Å². The van der Waals surface area contributed by atoms with Crippen molar-refractivity contribution >= 4 is 37.4 Å². The van der Waals surface area contributed by atoms with Gasteiger partial charge in [0.25, 0.3) is 0 Å². The summed E-state index contributed by atoms with van der Waals surface area (Å²) in [7, 11) is 3.57. The number of hydrogen-bond acceptors (Lipinski definition) is 2. The van der Waals surface area contributed by atoms with Crippen molar-refractivity contribution in [2.75, 3.05) is 27.2 Å². The number of nitrogens with zero attached hydrogens (tertiary/aromatic N) is 2. The summed E-state index contributed by atoms with van der Waals surface area (Å²) >= 11 is 0. The van der Waals surface area contributed by atoms with Crippen LogP contribution in [0.3, 0.4) is 0 Å². The van der Waals surface area contributed by atoms with Crippen LogP contribution in [0.15, 0.2) is 121 Å². The molecule has 4 aromatic rings. The second kappa shape index (κ2) is 12.9. The Morgan fingerprint density at radius 3 is 0.882 bits per heavy atom. The van der Waals surface area contributed by atoms with E-state index in [-0.39, 0.29) is 0 Å². The van der Waals surface area contributed by atoms with Crippen molar-refractivity contribution in [2.24, 2.45) is 0 Å². The maximum Gasteiger partial charge on any atom is 0.0278 e. The SMILES string of the molecule is CN(CCCCN(C)P(c1ccccc1)c1ccccc1)P(c1ccccc1)c1ccccc1. The van der Waals surface area contributed by atoms with Gasteiger partial charge in [-0.15, -0.1) is 0 Å². The van der Waals surface area contributed by atoms with Gasteiger partial charge in [-0.2, -0.15) is 0 Å². The van der Waals surface area contributed by atoms with E-state index in [0.717, 1.165) is 13.1 Å². The molecule has 0 atom stereocenters. The fourth-order valence-corrected chi connectivity index (χ4v) is 8.92. The number of benzene rings is 4. The standard InChI is InChI=1S/C30H34N2P2/c1-31(33(27-17-7-3-8-18-27)28-19-9-4-10-20-28)25-15-16-26-32(2)34(29-21-11-5-12-22-29)30-23-13-6-14-24-30/h3-14,17-24H,15-16,25-26H2,1-2H3. The van der Waals surface area contributed by atoms with Gasteiger partial charge in [0.2, 0.25) is 0 Å². The van der Waals surface area contributed by atoms with Gasteiger partial charge in [-0.05, 0) is 48.2 Å². The van der Waals surface area contributed by atoms with Gasteiger partial charge in [-0.3, -0.25) is 9.34 Å². The summed E-state index contributed by atoms with van der Waals surface area (Å²) in [5, 5.41) is 5.67. The summed E-state index contributed by atoms with van der Waals surface area (Å²) in [5.74, 6) is 0. The second-order valence-electron chi connectivity index (χ2n) is 8.44. The van der Waals surface area contributed by atoms with E-state index in [1.54, 1.807) is 0 Å². The minimum Gasteiger partial charge on any atom is -0.278 e.